The smallest absolute Gasteiger partial charge is 0.420 e. The lowest BCUT2D eigenvalue weighted by Crippen LogP contribution is -2.35. The summed E-state index contributed by atoms with van der Waals surface area (Å²) in [5.41, 5.74) is 3.89. The first-order valence-corrected chi connectivity index (χ1v) is 13.6. The summed E-state index contributed by atoms with van der Waals surface area (Å²) in [6, 6.07) is 7.11. The molecule has 0 fully saturated rings. The fraction of sp³-hybridized carbons (Fsp3) is 0.355. The van der Waals surface area contributed by atoms with Crippen LogP contribution in [0.4, 0.5) is 16.2 Å². The van der Waals surface area contributed by atoms with E-state index in [1.165, 1.54) is 11.7 Å². The minimum absolute atomic E-state index is 0.244. The first-order chi connectivity index (χ1) is 19.6. The van der Waals surface area contributed by atoms with Crippen LogP contribution in [0.2, 0.25) is 0 Å². The van der Waals surface area contributed by atoms with Gasteiger partial charge in [0.2, 0.25) is 0 Å². The second kappa shape index (κ2) is 11.2. The minimum atomic E-state index is -0.929. The Kier molecular flexibility index (Phi) is 7.62. The molecule has 1 unspecified atom stereocenters. The molecule has 0 saturated heterocycles. The zero-order valence-electron chi connectivity index (χ0n) is 23.9. The van der Waals surface area contributed by atoms with Gasteiger partial charge in [-0.05, 0) is 82.9 Å². The molecule has 1 N–H and O–H groups in total. The highest BCUT2D eigenvalue weighted by Gasteiger charge is 2.34. The maximum atomic E-state index is 13.6. The predicted molar refractivity (Wildman–Crippen MR) is 155 cm³/mol. The van der Waals surface area contributed by atoms with Crippen LogP contribution >= 0.6 is 0 Å². The first kappa shape index (κ1) is 28.0. The summed E-state index contributed by atoms with van der Waals surface area (Å²) in [6.07, 6.45) is 8.40. The molecular weight excluding hydrogens is 522 g/mol. The van der Waals surface area contributed by atoms with E-state index in [9.17, 15) is 14.4 Å². The molecule has 1 aliphatic heterocycles. The predicted octanol–water partition coefficient (Wildman–Crippen LogP) is 4.90. The van der Waals surface area contributed by atoms with Crippen molar-refractivity contribution in [3.8, 4) is 0 Å². The maximum Gasteiger partial charge on any atom is 0.420 e. The number of aromatic nitrogens is 3. The van der Waals surface area contributed by atoms with Crippen molar-refractivity contribution in [1.82, 2.24) is 14.5 Å². The van der Waals surface area contributed by atoms with E-state index >= 15 is 0 Å². The highest BCUT2D eigenvalue weighted by molar-refractivity contribution is 6.10. The molecule has 212 valence electrons. The Morgan fingerprint density at radius 1 is 1.15 bits per heavy atom. The van der Waals surface area contributed by atoms with Gasteiger partial charge in [0.15, 0.2) is 0 Å². The van der Waals surface area contributed by atoms with Gasteiger partial charge >= 0.3 is 6.09 Å². The summed E-state index contributed by atoms with van der Waals surface area (Å²) in [5, 5.41) is 2.90. The fourth-order valence-electron chi connectivity index (χ4n) is 5.30. The molecular formula is C31H33N5O5. The molecule has 0 radical (unpaired) electrons. The number of benzene rings is 1. The van der Waals surface area contributed by atoms with Gasteiger partial charge in [0, 0.05) is 31.7 Å². The van der Waals surface area contributed by atoms with Crippen LogP contribution in [0, 0.1) is 6.92 Å². The van der Waals surface area contributed by atoms with Gasteiger partial charge in [0.05, 0.1) is 28.0 Å². The number of anilines is 2. The van der Waals surface area contributed by atoms with Crippen molar-refractivity contribution in [2.24, 2.45) is 0 Å². The number of fused-ring (bicyclic) bond motifs is 2. The number of methoxy groups -OCH3 is 1. The van der Waals surface area contributed by atoms with E-state index in [2.05, 4.69) is 26.1 Å². The highest BCUT2D eigenvalue weighted by Crippen LogP contribution is 2.36. The molecule has 5 rings (SSSR count). The van der Waals surface area contributed by atoms with Gasteiger partial charge in [0.1, 0.15) is 29.0 Å². The van der Waals surface area contributed by atoms with Gasteiger partial charge < -0.3 is 19.7 Å². The number of carbonyl (C=O) groups is 2. The summed E-state index contributed by atoms with van der Waals surface area (Å²) >= 11 is 0. The van der Waals surface area contributed by atoms with Crippen LogP contribution < -0.4 is 10.2 Å². The molecule has 41 heavy (non-hydrogen) atoms. The zero-order chi connectivity index (χ0) is 29.3. The molecule has 10 heteroatoms. The second-order valence-corrected chi connectivity index (χ2v) is 11.0. The summed E-state index contributed by atoms with van der Waals surface area (Å²) in [7, 11) is 1.46. The first-order valence-electron chi connectivity index (χ1n) is 13.6. The number of amides is 1. The number of pyridine rings is 1. The van der Waals surface area contributed by atoms with E-state index in [0.29, 0.717) is 34.8 Å². The largest absolute Gasteiger partial charge is 0.443 e. The third kappa shape index (κ3) is 5.44. The van der Waals surface area contributed by atoms with Crippen molar-refractivity contribution in [3.05, 3.63) is 77.0 Å². The molecule has 1 atom stereocenters. The SMILES string of the molecule is COC1C(=C=O)C(N2CCCCc3cnccc32)=CC=C1C(=O)Nc1cccc2c1nc(C)n2C(=O)OC(C)(C)C. The lowest BCUT2D eigenvalue weighted by Gasteiger charge is -2.32. The van der Waals surface area contributed by atoms with E-state index in [-0.39, 0.29) is 11.1 Å². The number of aryl methyl sites for hydroxylation is 2. The lowest BCUT2D eigenvalue weighted by molar-refractivity contribution is -0.113. The third-order valence-corrected chi connectivity index (χ3v) is 7.06. The Hall–Kier alpha value is -4.53. The van der Waals surface area contributed by atoms with Crippen molar-refractivity contribution in [2.75, 3.05) is 23.9 Å². The maximum absolute atomic E-state index is 13.6. The summed E-state index contributed by atoms with van der Waals surface area (Å²) < 4.78 is 12.6. The van der Waals surface area contributed by atoms with Gasteiger partial charge in [-0.1, -0.05) is 6.07 Å². The Morgan fingerprint density at radius 3 is 2.68 bits per heavy atom. The standard InChI is InChI=1S/C31H33N5O5/c1-19-33-27-23(10-8-11-26(27)36(19)30(39)41-31(2,3)4)34-29(38)21-12-13-25(22(18-37)28(21)40-5)35-16-7-6-9-20-17-32-15-14-24(20)35/h8,10-15,17,28H,6-7,9,16H2,1-5H3,(H,34,38). The van der Waals surface area contributed by atoms with Crippen molar-refractivity contribution in [2.45, 2.75) is 58.7 Å². The number of hydrogen-bond donors (Lipinski definition) is 1. The van der Waals surface area contributed by atoms with Crippen LogP contribution in [0.25, 0.3) is 11.0 Å². The molecule has 3 aromatic rings. The monoisotopic (exact) mass is 555 g/mol. The molecule has 2 aromatic heterocycles. The van der Waals surface area contributed by atoms with Crippen LogP contribution in [0.15, 0.2) is 65.7 Å². The van der Waals surface area contributed by atoms with E-state index in [0.717, 1.165) is 30.5 Å². The summed E-state index contributed by atoms with van der Waals surface area (Å²) in [4.78, 5) is 49.7. The van der Waals surface area contributed by atoms with Crippen LogP contribution in [-0.2, 0) is 25.5 Å². The number of hydrogen-bond acceptors (Lipinski definition) is 8. The van der Waals surface area contributed by atoms with Crippen molar-refractivity contribution in [3.63, 3.8) is 0 Å². The number of nitrogens with one attached hydrogen (secondary N) is 1. The van der Waals surface area contributed by atoms with Crippen molar-refractivity contribution >= 4 is 40.3 Å². The van der Waals surface area contributed by atoms with Crippen LogP contribution in [0.1, 0.15) is 45.0 Å². The molecule has 0 spiro atoms. The highest BCUT2D eigenvalue weighted by atomic mass is 16.6. The molecule has 0 bridgehead atoms. The van der Waals surface area contributed by atoms with E-state index < -0.39 is 23.7 Å². The molecule has 3 heterocycles. The zero-order valence-corrected chi connectivity index (χ0v) is 23.9. The fourth-order valence-corrected chi connectivity index (χ4v) is 5.30. The van der Waals surface area contributed by atoms with Crippen LogP contribution in [-0.4, -0.2) is 57.8 Å². The van der Waals surface area contributed by atoms with Gasteiger partial charge in [-0.2, -0.15) is 0 Å². The molecule has 10 nitrogen and oxygen atoms in total. The number of rotatable bonds is 4. The number of allylic oxidation sites excluding steroid dienone is 2. The van der Waals surface area contributed by atoms with E-state index in [1.807, 2.05) is 12.3 Å². The number of para-hydroxylation sites is 1. The van der Waals surface area contributed by atoms with Crippen LogP contribution in [0.3, 0.4) is 0 Å². The van der Waals surface area contributed by atoms with E-state index in [1.54, 1.807) is 64.2 Å². The second-order valence-electron chi connectivity index (χ2n) is 11.0. The number of imidazole rings is 1. The Balaban J connectivity index is 1.49. The molecule has 1 amide bonds. The summed E-state index contributed by atoms with van der Waals surface area (Å²) in [5.74, 6) is 2.02. The average molecular weight is 556 g/mol. The van der Waals surface area contributed by atoms with Gasteiger partial charge in [-0.25, -0.2) is 19.1 Å². The van der Waals surface area contributed by atoms with Crippen LogP contribution in [0.5, 0.6) is 0 Å². The number of nitrogens with zero attached hydrogens (tertiary/aromatic N) is 4. The Morgan fingerprint density at radius 2 is 1.95 bits per heavy atom. The Bertz CT molecular complexity index is 1640. The quantitative estimate of drug-likeness (QED) is 0.452. The molecule has 1 aliphatic carbocycles. The van der Waals surface area contributed by atoms with Crippen molar-refractivity contribution in [1.29, 1.82) is 0 Å². The van der Waals surface area contributed by atoms with E-state index in [4.69, 9.17) is 9.47 Å². The third-order valence-electron chi connectivity index (χ3n) is 7.06. The van der Waals surface area contributed by atoms with Gasteiger partial charge in [0.25, 0.3) is 5.91 Å². The number of carbonyl (C=O) groups excluding carboxylic acids is 3. The Labute approximate surface area is 238 Å². The molecule has 2 aliphatic rings. The lowest BCUT2D eigenvalue weighted by atomic mass is 9.92. The normalized spacial score (nSPS) is 17.2. The average Bonchev–Trinajstić information content (AvgIpc) is 3.13. The molecule has 0 saturated carbocycles. The van der Waals surface area contributed by atoms with Gasteiger partial charge in [-0.15, -0.1) is 0 Å². The minimum Gasteiger partial charge on any atom is -0.443 e. The topological polar surface area (TPSA) is 116 Å². The number of ether oxygens (including phenoxy) is 2. The van der Waals surface area contributed by atoms with Gasteiger partial charge in [-0.3, -0.25) is 9.78 Å². The van der Waals surface area contributed by atoms with Crippen molar-refractivity contribution < 1.29 is 23.9 Å². The molecule has 1 aromatic carbocycles. The summed E-state index contributed by atoms with van der Waals surface area (Å²) in [6.45, 7) is 7.78.